The van der Waals surface area contributed by atoms with Crippen LogP contribution in [0.25, 0.3) is 0 Å². The second-order valence-corrected chi connectivity index (χ2v) is 13.4. The maximum Gasteiger partial charge on any atom is 0.407 e. The highest BCUT2D eigenvalue weighted by Gasteiger charge is 2.62. The van der Waals surface area contributed by atoms with E-state index in [9.17, 15) is 19.5 Å². The number of nitrogens with one attached hydrogen (secondary N) is 2. The quantitative estimate of drug-likeness (QED) is 0.503. The zero-order valence-corrected chi connectivity index (χ0v) is 23.0. The second kappa shape index (κ2) is 9.86. The summed E-state index contributed by atoms with van der Waals surface area (Å²) < 4.78 is 5.39. The molecular formula is C29H46N2O5. The van der Waals surface area contributed by atoms with Crippen LogP contribution in [0.3, 0.4) is 0 Å². The van der Waals surface area contributed by atoms with Gasteiger partial charge in [0.15, 0.2) is 5.78 Å². The third-order valence-corrected chi connectivity index (χ3v) is 9.98. The minimum atomic E-state index is -0.611. The number of amides is 1. The number of alkyl carbamates (subject to hydrolysis) is 1. The Morgan fingerprint density at radius 1 is 1.19 bits per heavy atom. The summed E-state index contributed by atoms with van der Waals surface area (Å²) in [5.74, 6) is 1.98. The molecule has 202 valence electrons. The Morgan fingerprint density at radius 3 is 2.56 bits per heavy atom. The summed E-state index contributed by atoms with van der Waals surface area (Å²) in [5.41, 5.74) is 0.583. The number of rotatable bonds is 6. The summed E-state index contributed by atoms with van der Waals surface area (Å²) in [5, 5.41) is 16.6. The van der Waals surface area contributed by atoms with E-state index in [1.165, 1.54) is 5.57 Å². The summed E-state index contributed by atoms with van der Waals surface area (Å²) >= 11 is 0. The summed E-state index contributed by atoms with van der Waals surface area (Å²) in [6, 6.07) is -0.344. The molecule has 4 rings (SSSR count). The lowest BCUT2D eigenvalue weighted by molar-refractivity contribution is -0.130. The van der Waals surface area contributed by atoms with Crippen LogP contribution in [0.15, 0.2) is 11.6 Å². The van der Waals surface area contributed by atoms with Crippen molar-refractivity contribution >= 4 is 17.7 Å². The van der Waals surface area contributed by atoms with Crippen LogP contribution in [0.2, 0.25) is 0 Å². The molecule has 3 N–H and O–H groups in total. The molecule has 4 aliphatic rings. The molecular weight excluding hydrogens is 456 g/mol. The van der Waals surface area contributed by atoms with Gasteiger partial charge < -0.3 is 20.5 Å². The molecule has 0 aromatic carbocycles. The number of allylic oxidation sites excluding steroid dienone is 1. The third kappa shape index (κ3) is 5.02. The lowest BCUT2D eigenvalue weighted by atomic mass is 9.45. The molecule has 0 heterocycles. The van der Waals surface area contributed by atoms with Gasteiger partial charge >= 0.3 is 6.09 Å². The van der Waals surface area contributed by atoms with E-state index in [2.05, 4.69) is 24.5 Å². The molecule has 1 amide bonds. The minimum Gasteiger partial charge on any atom is -0.444 e. The van der Waals surface area contributed by atoms with E-state index < -0.39 is 17.7 Å². The Morgan fingerprint density at radius 2 is 1.92 bits per heavy atom. The van der Waals surface area contributed by atoms with Gasteiger partial charge in [-0.2, -0.15) is 0 Å². The van der Waals surface area contributed by atoms with Crippen LogP contribution in [0, 0.1) is 34.5 Å². The molecule has 0 radical (unpaired) electrons. The van der Waals surface area contributed by atoms with Crippen LogP contribution in [0.4, 0.5) is 4.79 Å². The van der Waals surface area contributed by atoms with Gasteiger partial charge in [-0.05, 0) is 101 Å². The van der Waals surface area contributed by atoms with Crippen molar-refractivity contribution in [3.8, 4) is 0 Å². The van der Waals surface area contributed by atoms with Crippen LogP contribution in [-0.4, -0.2) is 53.6 Å². The number of ether oxygens (including phenoxy) is 1. The molecule has 0 aromatic heterocycles. The first-order valence-electron chi connectivity index (χ1n) is 13.9. The van der Waals surface area contributed by atoms with Crippen molar-refractivity contribution < 1.29 is 24.2 Å². The number of fused-ring (bicyclic) bond motifs is 5. The second-order valence-electron chi connectivity index (χ2n) is 13.4. The lowest BCUT2D eigenvalue weighted by Crippen LogP contribution is -2.62. The number of carbonyl (C=O) groups is 3. The van der Waals surface area contributed by atoms with Crippen molar-refractivity contribution in [2.24, 2.45) is 34.5 Å². The van der Waals surface area contributed by atoms with Crippen molar-refractivity contribution in [3.05, 3.63) is 11.6 Å². The Balaban J connectivity index is 1.60. The topological polar surface area (TPSA) is 105 Å². The number of ketones is 2. The molecule has 7 nitrogen and oxygen atoms in total. The van der Waals surface area contributed by atoms with E-state index in [1.807, 2.05) is 26.8 Å². The summed E-state index contributed by atoms with van der Waals surface area (Å²) in [4.78, 5) is 37.3. The van der Waals surface area contributed by atoms with E-state index >= 15 is 0 Å². The van der Waals surface area contributed by atoms with E-state index in [-0.39, 0.29) is 35.2 Å². The fourth-order valence-corrected chi connectivity index (χ4v) is 8.54. The molecule has 0 aliphatic heterocycles. The number of aliphatic hydroxyl groups excluding tert-OH is 1. The third-order valence-electron chi connectivity index (χ3n) is 9.98. The molecule has 3 saturated carbocycles. The maximum absolute atomic E-state index is 12.7. The van der Waals surface area contributed by atoms with Gasteiger partial charge in [0.05, 0.1) is 12.6 Å². The number of aliphatic hydroxyl groups is 1. The zero-order valence-electron chi connectivity index (χ0n) is 23.0. The van der Waals surface area contributed by atoms with Gasteiger partial charge in [0.2, 0.25) is 0 Å². The van der Waals surface area contributed by atoms with Crippen LogP contribution in [0.1, 0.15) is 86.5 Å². The predicted molar refractivity (Wildman–Crippen MR) is 138 cm³/mol. The molecule has 0 unspecified atom stereocenters. The molecule has 0 bridgehead atoms. The molecule has 0 saturated heterocycles. The average molecular weight is 503 g/mol. The highest BCUT2D eigenvalue weighted by atomic mass is 16.6. The number of hydrogen-bond acceptors (Lipinski definition) is 6. The predicted octanol–water partition coefficient (Wildman–Crippen LogP) is 4.18. The monoisotopic (exact) mass is 502 g/mol. The van der Waals surface area contributed by atoms with E-state index in [0.717, 1.165) is 38.5 Å². The standard InChI is InChI=1S/C29H46N2O5/c1-17(33)22-9-10-23-21-8-7-18-13-20(34)11-12-28(18,5)25(21)24(14-29(22,23)6)30-15-19(16-32)31-26(35)36-27(2,3)4/h13,19,21-25,30,32H,7-12,14-16H2,1-6H3,(H,31,35)/t19-,21-,22+,23-,24-,25+,28-,29+/m0/s1. The SMILES string of the molecule is CC(=O)[C@H]1CC[C@H]2[C@@H]3CCC4=CC(=O)CC[C@]4(C)[C@H]3[C@@H](NC[C@@H](CO)NC(=O)OC(C)(C)C)C[C@]12C. The van der Waals surface area contributed by atoms with Crippen LogP contribution >= 0.6 is 0 Å². The minimum absolute atomic E-state index is 0.0442. The Kier molecular flexibility index (Phi) is 7.48. The van der Waals surface area contributed by atoms with Crippen molar-refractivity contribution in [1.29, 1.82) is 0 Å². The maximum atomic E-state index is 12.7. The van der Waals surface area contributed by atoms with Gasteiger partial charge in [-0.15, -0.1) is 0 Å². The van der Waals surface area contributed by atoms with Gasteiger partial charge in [0.1, 0.15) is 11.4 Å². The normalized spacial score (nSPS) is 38.8. The van der Waals surface area contributed by atoms with Crippen LogP contribution in [0.5, 0.6) is 0 Å². The van der Waals surface area contributed by atoms with Gasteiger partial charge in [-0.3, -0.25) is 9.59 Å². The van der Waals surface area contributed by atoms with Gasteiger partial charge in [-0.25, -0.2) is 4.79 Å². The fraction of sp³-hybridized carbons (Fsp3) is 0.828. The van der Waals surface area contributed by atoms with Crippen LogP contribution in [-0.2, 0) is 14.3 Å². The Hall–Kier alpha value is -1.73. The van der Waals surface area contributed by atoms with Gasteiger partial charge in [0, 0.05) is 24.9 Å². The van der Waals surface area contributed by atoms with Gasteiger partial charge in [0.25, 0.3) is 0 Å². The molecule has 36 heavy (non-hydrogen) atoms. The molecule has 0 spiro atoms. The summed E-state index contributed by atoms with van der Waals surface area (Å²) in [6.45, 7) is 12.1. The van der Waals surface area contributed by atoms with Crippen LogP contribution < -0.4 is 10.6 Å². The van der Waals surface area contributed by atoms with E-state index in [1.54, 1.807) is 6.92 Å². The largest absolute Gasteiger partial charge is 0.444 e. The first-order chi connectivity index (χ1) is 16.8. The average Bonchev–Trinajstić information content (AvgIpc) is 3.12. The fourth-order valence-electron chi connectivity index (χ4n) is 8.54. The molecule has 0 aromatic rings. The first-order valence-corrected chi connectivity index (χ1v) is 13.9. The van der Waals surface area contributed by atoms with Crippen molar-refractivity contribution in [2.45, 2.75) is 104 Å². The Labute approximate surface area is 216 Å². The van der Waals surface area contributed by atoms with Crippen molar-refractivity contribution in [2.75, 3.05) is 13.2 Å². The molecule has 3 fully saturated rings. The van der Waals surface area contributed by atoms with Crippen molar-refractivity contribution in [1.82, 2.24) is 10.6 Å². The molecule has 8 atom stereocenters. The van der Waals surface area contributed by atoms with Crippen molar-refractivity contribution in [3.63, 3.8) is 0 Å². The van der Waals surface area contributed by atoms with E-state index in [0.29, 0.717) is 36.5 Å². The summed E-state index contributed by atoms with van der Waals surface area (Å²) in [6.07, 6.45) is 7.82. The number of Topliss-reactive ketones (excluding diaryl/α,β-unsaturated/α-hetero) is 1. The molecule has 7 heteroatoms. The summed E-state index contributed by atoms with van der Waals surface area (Å²) in [7, 11) is 0. The highest BCUT2D eigenvalue weighted by Crippen LogP contribution is 2.66. The van der Waals surface area contributed by atoms with E-state index in [4.69, 9.17) is 4.74 Å². The highest BCUT2D eigenvalue weighted by molar-refractivity contribution is 5.91. The smallest absolute Gasteiger partial charge is 0.407 e. The zero-order chi connectivity index (χ0) is 26.5. The first kappa shape index (κ1) is 27.3. The lowest BCUT2D eigenvalue weighted by Gasteiger charge is -2.61. The van der Waals surface area contributed by atoms with Gasteiger partial charge in [-0.1, -0.05) is 19.4 Å². The number of hydrogen-bond donors (Lipinski definition) is 3. The number of carbonyl (C=O) groups excluding carboxylic acids is 3. The Bertz CT molecular complexity index is 923. The molecule has 4 aliphatic carbocycles.